The molecular formula is C31H32IN3O4. The summed E-state index contributed by atoms with van der Waals surface area (Å²) < 4.78 is 19.5. The van der Waals surface area contributed by atoms with E-state index < -0.39 is 0 Å². The van der Waals surface area contributed by atoms with Gasteiger partial charge >= 0.3 is 0 Å². The minimum Gasteiger partial charge on any atom is -0.494 e. The lowest BCUT2D eigenvalue weighted by Crippen LogP contribution is -2.21. The number of para-hydroxylation sites is 1. The van der Waals surface area contributed by atoms with Crippen LogP contribution in [0, 0.1) is 10.5 Å². The van der Waals surface area contributed by atoms with Crippen LogP contribution in [0.5, 0.6) is 17.2 Å². The van der Waals surface area contributed by atoms with Crippen LogP contribution in [0.1, 0.15) is 43.4 Å². The van der Waals surface area contributed by atoms with E-state index in [-0.39, 0.29) is 11.5 Å². The van der Waals surface area contributed by atoms with Crippen molar-refractivity contribution in [1.82, 2.24) is 9.66 Å². The Morgan fingerprint density at radius 2 is 1.90 bits per heavy atom. The van der Waals surface area contributed by atoms with Crippen molar-refractivity contribution < 1.29 is 14.2 Å². The van der Waals surface area contributed by atoms with Gasteiger partial charge in [-0.25, -0.2) is 4.98 Å². The molecule has 0 saturated heterocycles. The molecule has 8 heteroatoms. The maximum atomic E-state index is 13.7. The minimum absolute atomic E-state index is 0.214. The number of nitrogens with zero attached hydrogens (tertiary/aromatic N) is 3. The van der Waals surface area contributed by atoms with Crippen LogP contribution in [-0.2, 0) is 0 Å². The Hall–Kier alpha value is -3.66. The van der Waals surface area contributed by atoms with E-state index in [0.29, 0.717) is 41.4 Å². The van der Waals surface area contributed by atoms with Crippen molar-refractivity contribution in [2.45, 2.75) is 33.6 Å². The summed E-state index contributed by atoms with van der Waals surface area (Å²) in [5.74, 6) is 2.72. The number of benzene rings is 3. The van der Waals surface area contributed by atoms with Crippen LogP contribution in [-0.4, -0.2) is 36.2 Å². The lowest BCUT2D eigenvalue weighted by molar-refractivity contribution is 0.324. The Balaban J connectivity index is 1.92. The smallest absolute Gasteiger partial charge is 0.282 e. The number of aryl methyl sites for hydroxylation is 1. The minimum atomic E-state index is -0.251. The van der Waals surface area contributed by atoms with Crippen molar-refractivity contribution in [1.29, 1.82) is 0 Å². The summed E-state index contributed by atoms with van der Waals surface area (Å²) >= 11 is 2.19. The Kier molecular flexibility index (Phi) is 9.06. The molecule has 39 heavy (non-hydrogen) atoms. The molecule has 1 aromatic heterocycles. The number of methoxy groups -OCH3 is 1. The van der Waals surface area contributed by atoms with E-state index in [1.807, 2.05) is 50.2 Å². The second-order valence-electron chi connectivity index (χ2n) is 9.24. The van der Waals surface area contributed by atoms with Crippen LogP contribution < -0.4 is 19.8 Å². The molecule has 0 radical (unpaired) electrons. The highest BCUT2D eigenvalue weighted by molar-refractivity contribution is 14.1. The monoisotopic (exact) mass is 637 g/mol. The summed E-state index contributed by atoms with van der Waals surface area (Å²) in [6.07, 6.45) is 3.32. The molecule has 4 rings (SSSR count). The Bertz CT molecular complexity index is 1610. The molecule has 0 bridgehead atoms. The summed E-state index contributed by atoms with van der Waals surface area (Å²) in [6, 6.07) is 15.1. The van der Waals surface area contributed by atoms with Gasteiger partial charge in [-0.2, -0.15) is 9.78 Å². The van der Waals surface area contributed by atoms with E-state index in [1.54, 1.807) is 25.5 Å². The van der Waals surface area contributed by atoms with Crippen molar-refractivity contribution in [2.75, 3.05) is 20.3 Å². The molecule has 0 N–H and O–H groups in total. The molecule has 3 aromatic carbocycles. The number of fused-ring (bicyclic) bond motifs is 1. The van der Waals surface area contributed by atoms with Crippen LogP contribution >= 0.6 is 22.6 Å². The predicted molar refractivity (Wildman–Crippen MR) is 166 cm³/mol. The van der Waals surface area contributed by atoms with Gasteiger partial charge in [0.05, 0.1) is 34.4 Å². The molecule has 4 aromatic rings. The van der Waals surface area contributed by atoms with Gasteiger partial charge in [-0.05, 0) is 95.4 Å². The van der Waals surface area contributed by atoms with Gasteiger partial charge in [0.15, 0.2) is 17.3 Å². The van der Waals surface area contributed by atoms with E-state index >= 15 is 0 Å². The van der Waals surface area contributed by atoms with Crippen molar-refractivity contribution in [3.8, 4) is 28.6 Å². The second-order valence-corrected chi connectivity index (χ2v) is 10.4. The lowest BCUT2D eigenvalue weighted by atomic mass is 9.96. The number of aromatic nitrogens is 2. The van der Waals surface area contributed by atoms with Crippen molar-refractivity contribution in [2.24, 2.45) is 5.10 Å². The second kappa shape index (κ2) is 12.5. The van der Waals surface area contributed by atoms with Crippen LogP contribution in [0.2, 0.25) is 0 Å². The van der Waals surface area contributed by atoms with Gasteiger partial charge in [0, 0.05) is 5.56 Å². The van der Waals surface area contributed by atoms with Gasteiger partial charge in [-0.15, -0.1) is 0 Å². The van der Waals surface area contributed by atoms with E-state index in [9.17, 15) is 4.79 Å². The third-order valence-corrected chi connectivity index (χ3v) is 6.99. The summed E-state index contributed by atoms with van der Waals surface area (Å²) in [5.41, 5.74) is 3.92. The maximum absolute atomic E-state index is 13.7. The topological polar surface area (TPSA) is 74.9 Å². The molecule has 0 atom stereocenters. The maximum Gasteiger partial charge on any atom is 0.282 e. The quantitative estimate of drug-likeness (QED) is 0.107. The fourth-order valence-corrected chi connectivity index (χ4v) is 5.08. The van der Waals surface area contributed by atoms with Crippen LogP contribution in [0.3, 0.4) is 0 Å². The number of halogens is 1. The van der Waals surface area contributed by atoms with Gasteiger partial charge in [0.25, 0.3) is 5.56 Å². The molecule has 1 heterocycles. The molecule has 0 saturated carbocycles. The van der Waals surface area contributed by atoms with E-state index in [0.717, 1.165) is 31.6 Å². The first-order chi connectivity index (χ1) is 18.8. The predicted octanol–water partition coefficient (Wildman–Crippen LogP) is 6.95. The van der Waals surface area contributed by atoms with Gasteiger partial charge in [-0.1, -0.05) is 38.6 Å². The molecule has 0 unspecified atom stereocenters. The van der Waals surface area contributed by atoms with Crippen molar-refractivity contribution in [3.63, 3.8) is 0 Å². The third-order valence-electron chi connectivity index (χ3n) is 6.19. The summed E-state index contributed by atoms with van der Waals surface area (Å²) in [4.78, 5) is 18.6. The van der Waals surface area contributed by atoms with Crippen molar-refractivity contribution >= 4 is 39.7 Å². The fourth-order valence-electron chi connectivity index (χ4n) is 4.30. The zero-order valence-corrected chi connectivity index (χ0v) is 25.0. The first kappa shape index (κ1) is 28.4. The molecule has 0 aliphatic carbocycles. The first-order valence-electron chi connectivity index (χ1n) is 12.7. The average molecular weight is 638 g/mol. The zero-order chi connectivity index (χ0) is 28.1. The Morgan fingerprint density at radius 1 is 1.13 bits per heavy atom. The van der Waals surface area contributed by atoms with E-state index in [1.165, 1.54) is 4.68 Å². The SMILES string of the molecule is C=CCOc1c(I)cc(C=Nn2c(-c3cc(C(C)C)c(OCC)cc3C)nc3ccccc3c2=O)cc1OC. The molecule has 0 aliphatic heterocycles. The zero-order valence-electron chi connectivity index (χ0n) is 22.8. The molecule has 0 spiro atoms. The number of hydrogen-bond acceptors (Lipinski definition) is 6. The highest BCUT2D eigenvalue weighted by atomic mass is 127. The van der Waals surface area contributed by atoms with E-state index in [2.05, 4.69) is 54.2 Å². The highest BCUT2D eigenvalue weighted by Gasteiger charge is 2.19. The third kappa shape index (κ3) is 6.00. The average Bonchev–Trinajstić information content (AvgIpc) is 2.91. The number of ether oxygens (including phenoxy) is 3. The standard InChI is InChI=1S/C31H32IN3O4/c1-7-13-39-29-25(32)15-21(16-28(29)37-6)18-33-35-30(34-26-12-10-9-11-22(26)31(35)36)24-17-23(19(3)4)27(38-8-2)14-20(24)5/h7,9-12,14-19H,1,8,13H2,2-6H3. The largest absolute Gasteiger partial charge is 0.494 e. The molecule has 0 amide bonds. The summed E-state index contributed by atoms with van der Waals surface area (Å²) in [6.45, 7) is 12.8. The molecule has 202 valence electrons. The van der Waals surface area contributed by atoms with Gasteiger partial charge in [0.1, 0.15) is 12.4 Å². The van der Waals surface area contributed by atoms with E-state index in [4.69, 9.17) is 19.2 Å². The van der Waals surface area contributed by atoms with Crippen molar-refractivity contribution in [3.05, 3.63) is 91.8 Å². The molecule has 0 aliphatic rings. The van der Waals surface area contributed by atoms with Gasteiger partial charge in [-0.3, -0.25) is 4.79 Å². The normalized spacial score (nSPS) is 11.4. The Morgan fingerprint density at radius 3 is 2.59 bits per heavy atom. The molecule has 0 fully saturated rings. The fraction of sp³-hybridized carbons (Fsp3) is 0.258. The molecular weight excluding hydrogens is 605 g/mol. The Labute approximate surface area is 242 Å². The highest BCUT2D eigenvalue weighted by Crippen LogP contribution is 2.35. The summed E-state index contributed by atoms with van der Waals surface area (Å²) in [7, 11) is 1.59. The molecule has 7 nitrogen and oxygen atoms in total. The first-order valence-corrected chi connectivity index (χ1v) is 13.8. The van der Waals surface area contributed by atoms with Crippen LogP contribution in [0.15, 0.2) is 71.1 Å². The van der Waals surface area contributed by atoms with Crippen LogP contribution in [0.4, 0.5) is 0 Å². The van der Waals surface area contributed by atoms with Gasteiger partial charge in [0.2, 0.25) is 0 Å². The lowest BCUT2D eigenvalue weighted by Gasteiger charge is -2.18. The number of hydrogen-bond donors (Lipinski definition) is 0. The summed E-state index contributed by atoms with van der Waals surface area (Å²) in [5, 5.41) is 5.15. The van der Waals surface area contributed by atoms with Gasteiger partial charge < -0.3 is 14.2 Å². The van der Waals surface area contributed by atoms with Crippen LogP contribution in [0.25, 0.3) is 22.3 Å². The number of rotatable bonds is 10.